The number of carbonyl (C=O) groups excluding carboxylic acids is 3. The highest BCUT2D eigenvalue weighted by Gasteiger charge is 2.81. The van der Waals surface area contributed by atoms with Gasteiger partial charge in [0.25, 0.3) is 5.69 Å². The lowest BCUT2D eigenvalue weighted by molar-refractivity contribution is -0.384. The van der Waals surface area contributed by atoms with Crippen LogP contribution >= 0.6 is 16.2 Å². The van der Waals surface area contributed by atoms with Gasteiger partial charge in [0, 0.05) is 23.2 Å². The first kappa shape index (κ1) is 43.4. The Labute approximate surface area is 288 Å². The van der Waals surface area contributed by atoms with Crippen molar-refractivity contribution in [2.45, 2.75) is 145 Å². The Balaban J connectivity index is 0.000000800. The van der Waals surface area contributed by atoms with E-state index < -0.39 is 44.9 Å². The van der Waals surface area contributed by atoms with Crippen molar-refractivity contribution in [3.8, 4) is 0 Å². The summed E-state index contributed by atoms with van der Waals surface area (Å²) in [6, 6.07) is 4.50. The van der Waals surface area contributed by atoms with Crippen molar-refractivity contribution in [2.75, 3.05) is 0 Å². The third-order valence-corrected chi connectivity index (χ3v) is 15.0. The number of amides is 2. The fraction of sp³-hybridized carbons (Fsp3) is 0.710. The molecule has 1 aromatic rings. The molecule has 0 atom stereocenters. The smallest absolute Gasteiger partial charge is 0.466 e. The van der Waals surface area contributed by atoms with Gasteiger partial charge in [-0.25, -0.2) is 9.59 Å². The van der Waals surface area contributed by atoms with Gasteiger partial charge < -0.3 is 19.4 Å². The normalized spacial score (nSPS) is 19.2. The first-order valence-corrected chi connectivity index (χ1v) is 18.7. The number of carboxylic acid groups (broad SMARTS) is 1. The minimum absolute atomic E-state index is 0.0689. The molecule has 1 aliphatic heterocycles. The second-order valence-electron chi connectivity index (χ2n) is 15.9. The van der Waals surface area contributed by atoms with Crippen LogP contribution in [0.2, 0.25) is 0 Å². The number of nitro groups is 1. The van der Waals surface area contributed by atoms with Crippen molar-refractivity contribution in [1.29, 1.82) is 0 Å². The molecule has 0 radical (unpaired) electrons. The highest BCUT2D eigenvalue weighted by Crippen LogP contribution is 2.90. The second-order valence-corrected chi connectivity index (χ2v) is 20.7. The molecule has 2 rings (SSSR count). The number of nitro benzene ring substituents is 1. The van der Waals surface area contributed by atoms with E-state index in [1.165, 1.54) is 4.78 Å². The number of carboxylic acids is 1. The lowest BCUT2D eigenvalue weighted by atomic mass is 10.1. The van der Waals surface area contributed by atoms with Gasteiger partial charge in [-0.05, 0) is 133 Å². The van der Waals surface area contributed by atoms with E-state index in [1.807, 2.05) is 0 Å². The molecule has 0 spiro atoms. The van der Waals surface area contributed by atoms with E-state index in [0.717, 1.165) is 24.3 Å². The van der Waals surface area contributed by atoms with E-state index >= 15 is 0 Å². The van der Waals surface area contributed by atoms with E-state index in [2.05, 4.69) is 108 Å². The molecular formula is C31H57N7O8P2. The van der Waals surface area contributed by atoms with Crippen LogP contribution in [-0.4, -0.2) is 71.1 Å². The van der Waals surface area contributed by atoms with Crippen molar-refractivity contribution >= 4 is 40.1 Å². The van der Waals surface area contributed by atoms with Gasteiger partial charge in [-0.3, -0.25) is 15.2 Å². The number of non-ortho nitro benzene ring substituents is 1. The highest BCUT2D eigenvalue weighted by molar-refractivity contribution is 7.89. The molecule has 1 aromatic carbocycles. The average Bonchev–Trinajstić information content (AvgIpc) is 2.82. The Hall–Kier alpha value is -2.67. The highest BCUT2D eigenvalue weighted by atomic mass is 31.3. The number of nitrogens with one attached hydrogen (secondary N) is 3. The summed E-state index contributed by atoms with van der Waals surface area (Å²) in [6.07, 6.45) is -2.07. The summed E-state index contributed by atoms with van der Waals surface area (Å²) in [7, 11) is -4.07. The maximum Gasteiger partial charge on any atom is 0.466 e. The Kier molecular flexibility index (Phi) is 14.4. The topological polar surface area (TPSA) is 182 Å². The van der Waals surface area contributed by atoms with Crippen LogP contribution in [0, 0.1) is 10.1 Å². The maximum absolute atomic E-state index is 13.8. The monoisotopic (exact) mass is 717 g/mol. The molecule has 3 N–H and O–H groups in total. The Bertz CT molecular complexity index is 1230. The lowest BCUT2D eigenvalue weighted by Gasteiger charge is -2.65. The molecule has 274 valence electrons. The molecule has 1 aliphatic rings. The SMILES string of the molecule is CC(C)OC(=O)NN(C(=O)OC(C)C)[P+]1(NC(C)(C)C)N(C(C)(C)C)P(NC(C)(C)C)N1C(C)(C)C.O=C([O-])c1ccc([N+](=O)[O-])cc1. The summed E-state index contributed by atoms with van der Waals surface area (Å²) < 4.78 is 17.2. The molecule has 1 fully saturated rings. The summed E-state index contributed by atoms with van der Waals surface area (Å²) in [4.78, 5) is 46.5. The molecule has 48 heavy (non-hydrogen) atoms. The lowest BCUT2D eigenvalue weighted by Crippen LogP contribution is -2.72. The molecule has 0 saturated carbocycles. The van der Waals surface area contributed by atoms with Crippen LogP contribution in [0.1, 0.15) is 121 Å². The number of hydrogen-bond acceptors (Lipinski definition) is 12. The molecule has 0 aliphatic carbocycles. The molecule has 1 saturated heterocycles. The fourth-order valence-electron chi connectivity index (χ4n) is 4.46. The predicted molar refractivity (Wildman–Crippen MR) is 188 cm³/mol. The summed E-state index contributed by atoms with van der Waals surface area (Å²) in [5.41, 5.74) is 1.22. The quantitative estimate of drug-likeness (QED) is 0.154. The van der Waals surface area contributed by atoms with Gasteiger partial charge in [-0.2, -0.15) is 5.43 Å². The van der Waals surface area contributed by atoms with Gasteiger partial charge >= 0.3 is 20.1 Å². The van der Waals surface area contributed by atoms with Crippen molar-refractivity contribution in [2.24, 2.45) is 0 Å². The van der Waals surface area contributed by atoms with Crippen LogP contribution in [-0.2, 0) is 9.47 Å². The number of hydrogen-bond donors (Lipinski definition) is 3. The van der Waals surface area contributed by atoms with E-state index in [9.17, 15) is 29.6 Å². The van der Waals surface area contributed by atoms with Crippen LogP contribution in [0.25, 0.3) is 0 Å². The van der Waals surface area contributed by atoms with E-state index in [0.29, 0.717) is 0 Å². The van der Waals surface area contributed by atoms with Gasteiger partial charge in [0.05, 0.1) is 34.2 Å². The van der Waals surface area contributed by atoms with E-state index in [-0.39, 0.29) is 40.1 Å². The number of aromatic carboxylic acids is 1. The fourth-order valence-corrected chi connectivity index (χ4v) is 13.7. The van der Waals surface area contributed by atoms with Crippen LogP contribution in [0.3, 0.4) is 0 Å². The van der Waals surface area contributed by atoms with Gasteiger partial charge in [-0.15, -0.1) is 5.09 Å². The maximum atomic E-state index is 13.8. The molecule has 0 bridgehead atoms. The number of benzene rings is 1. The Morgan fingerprint density at radius 2 is 1.25 bits per heavy atom. The zero-order chi connectivity index (χ0) is 37.8. The summed E-state index contributed by atoms with van der Waals surface area (Å²) in [5, 5.41) is 27.9. The van der Waals surface area contributed by atoms with Gasteiger partial charge in [0.2, 0.25) is 0 Å². The van der Waals surface area contributed by atoms with Crippen LogP contribution in [0.15, 0.2) is 24.3 Å². The van der Waals surface area contributed by atoms with Crippen molar-refractivity contribution < 1.29 is 33.9 Å². The van der Waals surface area contributed by atoms with Gasteiger partial charge in [0.15, 0.2) is 8.37 Å². The molecule has 15 nitrogen and oxygen atoms in total. The number of hydrazine groups is 1. The number of ether oxygens (including phenoxy) is 2. The predicted octanol–water partition coefficient (Wildman–Crippen LogP) is 6.74. The van der Waals surface area contributed by atoms with E-state index in [4.69, 9.17) is 9.47 Å². The van der Waals surface area contributed by atoms with Crippen molar-refractivity contribution in [1.82, 2.24) is 29.3 Å². The van der Waals surface area contributed by atoms with Crippen molar-refractivity contribution in [3.63, 3.8) is 0 Å². The Morgan fingerprint density at radius 3 is 1.56 bits per heavy atom. The number of rotatable bonds is 7. The van der Waals surface area contributed by atoms with Crippen LogP contribution in [0.5, 0.6) is 0 Å². The summed E-state index contributed by atoms with van der Waals surface area (Å²) >= 11 is 0. The first-order chi connectivity index (χ1) is 21.4. The number of nitrogens with zero attached hydrogens (tertiary/aromatic N) is 4. The standard InChI is InChI=1S/C24H52N6O4P2.C7H5NO4/c1-17(2)33-19(31)25-28(20(32)34-18(3)4)36(27-22(8,9)10)29(23(11,12)13)35(26-21(5,6)7)30(36)24(14,15)16;9-7(10)5-1-3-6(4-2-5)8(11)12/h17-18,26-27H,1-16H3;1-4H,(H,9,10). The third-order valence-electron chi connectivity index (χ3n) is 5.65. The average molecular weight is 718 g/mol. The largest absolute Gasteiger partial charge is 0.545 e. The zero-order valence-corrected chi connectivity index (χ0v) is 33.2. The number of carbonyl (C=O) groups is 3. The van der Waals surface area contributed by atoms with Gasteiger partial charge in [-0.1, -0.05) is 8.88 Å². The van der Waals surface area contributed by atoms with Crippen LogP contribution < -0.4 is 20.7 Å². The molecule has 2 amide bonds. The zero-order valence-electron chi connectivity index (χ0n) is 31.4. The summed E-state index contributed by atoms with van der Waals surface area (Å²) in [5.74, 6) is -1.34. The molecule has 17 heteroatoms. The molecular weight excluding hydrogens is 660 g/mol. The Morgan fingerprint density at radius 1 is 0.812 bits per heavy atom. The minimum Gasteiger partial charge on any atom is -0.545 e. The minimum atomic E-state index is -2.99. The van der Waals surface area contributed by atoms with Crippen LogP contribution in [0.4, 0.5) is 15.3 Å². The molecule has 1 heterocycles. The van der Waals surface area contributed by atoms with Gasteiger partial charge in [0.1, 0.15) is 0 Å². The van der Waals surface area contributed by atoms with E-state index in [1.54, 1.807) is 27.7 Å². The van der Waals surface area contributed by atoms with Crippen molar-refractivity contribution in [3.05, 3.63) is 39.9 Å². The third kappa shape index (κ3) is 12.0. The molecule has 0 unspecified atom stereocenters. The molecule has 0 aromatic heterocycles. The first-order valence-electron chi connectivity index (χ1n) is 15.8. The second kappa shape index (κ2) is 15.9. The summed E-state index contributed by atoms with van der Waals surface area (Å²) in [6.45, 7) is 32.5.